The Bertz CT molecular complexity index is 1550. The first kappa shape index (κ1) is 25.4. The average Bonchev–Trinajstić information content (AvgIpc) is 3.24. The van der Waals surface area contributed by atoms with Gasteiger partial charge in [0.2, 0.25) is 0 Å². The molecule has 37 heavy (non-hydrogen) atoms. The molecule has 5 rings (SSSR count). The molecule has 0 aliphatic heterocycles. The molecular weight excluding hydrogens is 498 g/mol. The van der Waals surface area contributed by atoms with Crippen LogP contribution in [-0.4, -0.2) is 10.9 Å². The van der Waals surface area contributed by atoms with Crippen molar-refractivity contribution in [2.24, 2.45) is 11.3 Å². The Kier molecular flexibility index (Phi) is 6.83. The topological polar surface area (TPSA) is 65.8 Å². The second-order valence-corrected chi connectivity index (χ2v) is 12.1. The smallest absolute Gasteiger partial charge is 0.257 e. The minimum Gasteiger partial charge on any atom is -0.312 e. The van der Waals surface area contributed by atoms with Crippen molar-refractivity contribution in [3.05, 3.63) is 80.7 Å². The number of fused-ring (bicyclic) bond motifs is 2. The lowest BCUT2D eigenvalue weighted by Gasteiger charge is -2.36. The van der Waals surface area contributed by atoms with Gasteiger partial charge in [0.25, 0.3) is 5.91 Å². The van der Waals surface area contributed by atoms with Gasteiger partial charge >= 0.3 is 0 Å². The Morgan fingerprint density at radius 2 is 1.95 bits per heavy atom. The largest absolute Gasteiger partial charge is 0.312 e. The monoisotopic (exact) mass is 527 g/mol. The van der Waals surface area contributed by atoms with Crippen LogP contribution < -0.4 is 5.32 Å². The molecule has 0 fully saturated rings. The van der Waals surface area contributed by atoms with Crippen molar-refractivity contribution in [3.8, 4) is 17.3 Å². The summed E-state index contributed by atoms with van der Waals surface area (Å²) in [5, 5.41) is 15.3. The second-order valence-electron chi connectivity index (χ2n) is 10.5. The fourth-order valence-electron chi connectivity index (χ4n) is 5.40. The highest BCUT2D eigenvalue weighted by Gasteiger charge is 2.34. The molecule has 2 aromatic heterocycles. The first-order valence-corrected chi connectivity index (χ1v) is 13.9. The number of pyridine rings is 1. The lowest BCUT2D eigenvalue weighted by molar-refractivity contribution is 0.102. The van der Waals surface area contributed by atoms with E-state index < -0.39 is 0 Å². The third-order valence-electron chi connectivity index (χ3n) is 8.10. The maximum atomic E-state index is 13.9. The van der Waals surface area contributed by atoms with E-state index in [1.165, 1.54) is 4.88 Å². The number of hydrogen-bond donors (Lipinski definition) is 1. The molecular formula is C31H30ClN3OS. The summed E-state index contributed by atoms with van der Waals surface area (Å²) in [6, 6.07) is 17.6. The van der Waals surface area contributed by atoms with Crippen molar-refractivity contribution in [1.82, 2.24) is 4.98 Å². The number of aromatic nitrogens is 1. The Hall–Kier alpha value is -3.20. The van der Waals surface area contributed by atoms with Crippen LogP contribution in [0.5, 0.6) is 0 Å². The highest BCUT2D eigenvalue weighted by Crippen LogP contribution is 2.45. The molecule has 2 aromatic carbocycles. The number of anilines is 1. The Morgan fingerprint density at radius 1 is 1.22 bits per heavy atom. The summed E-state index contributed by atoms with van der Waals surface area (Å²) in [7, 11) is 0. The molecule has 1 amide bonds. The highest BCUT2D eigenvalue weighted by molar-refractivity contribution is 7.16. The van der Waals surface area contributed by atoms with E-state index in [2.05, 4.69) is 32.2 Å². The van der Waals surface area contributed by atoms with Gasteiger partial charge in [-0.1, -0.05) is 69.1 Å². The molecule has 1 unspecified atom stereocenters. The van der Waals surface area contributed by atoms with E-state index in [0.29, 0.717) is 27.1 Å². The molecule has 0 spiro atoms. The van der Waals surface area contributed by atoms with Crippen LogP contribution >= 0.6 is 22.9 Å². The normalized spacial score (nSPS) is 15.3. The molecule has 0 saturated heterocycles. The number of thiophene rings is 1. The van der Waals surface area contributed by atoms with Gasteiger partial charge in [-0.15, -0.1) is 11.3 Å². The van der Waals surface area contributed by atoms with Crippen LogP contribution in [0.15, 0.2) is 48.5 Å². The summed E-state index contributed by atoms with van der Waals surface area (Å²) >= 11 is 7.68. The SMILES string of the molecule is CCC(C)(C)C1CCc2c(sc(NC(=O)c3c(C)c(-c4ccc(Cl)cc4)nc4ccccc34)c2C#N)C1. The van der Waals surface area contributed by atoms with Gasteiger partial charge in [-0.2, -0.15) is 5.26 Å². The Morgan fingerprint density at radius 3 is 2.65 bits per heavy atom. The van der Waals surface area contributed by atoms with E-state index in [4.69, 9.17) is 16.6 Å². The lowest BCUT2D eigenvalue weighted by atomic mass is 9.69. The van der Waals surface area contributed by atoms with Gasteiger partial charge < -0.3 is 5.32 Å². The quantitative estimate of drug-likeness (QED) is 0.282. The molecule has 0 saturated carbocycles. The van der Waals surface area contributed by atoms with Crippen molar-refractivity contribution in [3.63, 3.8) is 0 Å². The minimum atomic E-state index is -0.216. The minimum absolute atomic E-state index is 0.216. The van der Waals surface area contributed by atoms with E-state index in [9.17, 15) is 10.1 Å². The number of amides is 1. The molecule has 188 valence electrons. The van der Waals surface area contributed by atoms with Gasteiger partial charge in [-0.25, -0.2) is 4.98 Å². The van der Waals surface area contributed by atoms with Crippen molar-refractivity contribution < 1.29 is 4.79 Å². The van der Waals surface area contributed by atoms with Gasteiger partial charge in [0.15, 0.2) is 0 Å². The maximum absolute atomic E-state index is 13.9. The summed E-state index contributed by atoms with van der Waals surface area (Å²) in [5.74, 6) is 0.360. The Balaban J connectivity index is 1.55. The molecule has 4 nitrogen and oxygen atoms in total. The molecule has 1 aliphatic rings. The predicted octanol–water partition coefficient (Wildman–Crippen LogP) is 8.59. The summed E-state index contributed by atoms with van der Waals surface area (Å²) < 4.78 is 0. The summed E-state index contributed by atoms with van der Waals surface area (Å²) in [5.41, 5.74) is 5.76. The number of nitriles is 1. The number of halogens is 1. The van der Waals surface area contributed by atoms with E-state index in [1.54, 1.807) is 11.3 Å². The number of para-hydroxylation sites is 1. The highest BCUT2D eigenvalue weighted by atomic mass is 35.5. The van der Waals surface area contributed by atoms with Gasteiger partial charge in [0, 0.05) is 20.8 Å². The number of carbonyl (C=O) groups is 1. The standard InChI is InChI=1S/C31H30ClN3OS/c1-5-31(3,4)20-12-15-22-24(17-33)30(37-26(22)16-20)35-29(36)27-18(2)28(19-10-13-21(32)14-11-19)34-25-9-7-6-8-23(25)27/h6-11,13-14,20H,5,12,15-16H2,1-4H3,(H,35,36). The number of carbonyl (C=O) groups excluding carboxylic acids is 1. The third kappa shape index (κ3) is 4.65. The van der Waals surface area contributed by atoms with Crippen LogP contribution in [0.2, 0.25) is 5.02 Å². The first-order chi connectivity index (χ1) is 17.7. The molecule has 4 aromatic rings. The van der Waals surface area contributed by atoms with Crippen LogP contribution in [0.4, 0.5) is 5.00 Å². The third-order valence-corrected chi connectivity index (χ3v) is 9.52. The van der Waals surface area contributed by atoms with E-state index in [1.807, 2.05) is 55.5 Å². The van der Waals surface area contributed by atoms with Crippen LogP contribution in [-0.2, 0) is 12.8 Å². The zero-order valence-corrected chi connectivity index (χ0v) is 23.2. The van der Waals surface area contributed by atoms with Gasteiger partial charge in [0.1, 0.15) is 11.1 Å². The van der Waals surface area contributed by atoms with Gasteiger partial charge in [-0.05, 0) is 66.8 Å². The predicted molar refractivity (Wildman–Crippen MR) is 154 cm³/mol. The summed E-state index contributed by atoms with van der Waals surface area (Å²) in [6.07, 6.45) is 4.04. The number of rotatable bonds is 5. The number of nitrogens with one attached hydrogen (secondary N) is 1. The summed E-state index contributed by atoms with van der Waals surface area (Å²) in [4.78, 5) is 20.0. The van der Waals surface area contributed by atoms with Crippen LogP contribution in [0.3, 0.4) is 0 Å². The number of nitrogens with zero attached hydrogens (tertiary/aromatic N) is 2. The van der Waals surface area contributed by atoms with E-state index in [-0.39, 0.29) is 11.3 Å². The average molecular weight is 528 g/mol. The fraction of sp³-hybridized carbons (Fsp3) is 0.323. The Labute approximate surface area is 227 Å². The maximum Gasteiger partial charge on any atom is 0.257 e. The second kappa shape index (κ2) is 9.93. The molecule has 6 heteroatoms. The van der Waals surface area contributed by atoms with Crippen molar-refractivity contribution in [1.29, 1.82) is 5.26 Å². The zero-order valence-electron chi connectivity index (χ0n) is 21.6. The van der Waals surface area contributed by atoms with Crippen LogP contribution in [0.25, 0.3) is 22.2 Å². The summed E-state index contributed by atoms with van der Waals surface area (Å²) in [6.45, 7) is 8.84. The molecule has 2 heterocycles. The number of hydrogen-bond acceptors (Lipinski definition) is 4. The van der Waals surface area contributed by atoms with Crippen molar-refractivity contribution in [2.75, 3.05) is 5.32 Å². The van der Waals surface area contributed by atoms with E-state index >= 15 is 0 Å². The van der Waals surface area contributed by atoms with E-state index in [0.717, 1.165) is 59.0 Å². The number of benzene rings is 2. The zero-order chi connectivity index (χ0) is 26.3. The van der Waals surface area contributed by atoms with Gasteiger partial charge in [-0.3, -0.25) is 4.79 Å². The van der Waals surface area contributed by atoms with Crippen LogP contribution in [0.1, 0.15) is 65.5 Å². The first-order valence-electron chi connectivity index (χ1n) is 12.7. The molecule has 1 N–H and O–H groups in total. The molecule has 1 aliphatic carbocycles. The van der Waals surface area contributed by atoms with Crippen LogP contribution in [0, 0.1) is 29.6 Å². The van der Waals surface area contributed by atoms with Crippen molar-refractivity contribution in [2.45, 2.75) is 53.4 Å². The lowest BCUT2D eigenvalue weighted by Crippen LogP contribution is -2.28. The molecule has 0 radical (unpaired) electrons. The fourth-order valence-corrected chi connectivity index (χ4v) is 6.80. The molecule has 0 bridgehead atoms. The molecule has 1 atom stereocenters. The van der Waals surface area contributed by atoms with Crippen molar-refractivity contribution >= 4 is 44.7 Å². The van der Waals surface area contributed by atoms with Gasteiger partial charge in [0.05, 0.1) is 22.3 Å².